The molecule has 3 rings (SSSR count). The third kappa shape index (κ3) is 5.14. The van der Waals surface area contributed by atoms with Gasteiger partial charge >= 0.3 is 0 Å². The largest absolute Gasteiger partial charge is 0.497 e. The molecule has 1 N–H and O–H groups in total. The van der Waals surface area contributed by atoms with E-state index in [0.29, 0.717) is 31.6 Å². The zero-order valence-electron chi connectivity index (χ0n) is 18.1. The van der Waals surface area contributed by atoms with E-state index < -0.39 is 11.5 Å². The van der Waals surface area contributed by atoms with Crippen molar-refractivity contribution in [2.24, 2.45) is 11.3 Å². The van der Waals surface area contributed by atoms with Gasteiger partial charge in [-0.25, -0.2) is 0 Å². The summed E-state index contributed by atoms with van der Waals surface area (Å²) in [6, 6.07) is 7.17. The summed E-state index contributed by atoms with van der Waals surface area (Å²) < 4.78 is 5.24. The zero-order chi connectivity index (χ0) is 21.7. The van der Waals surface area contributed by atoms with Crippen molar-refractivity contribution in [3.8, 4) is 5.75 Å². The number of likely N-dealkylation sites (tertiary alicyclic amines) is 1. The van der Waals surface area contributed by atoms with Gasteiger partial charge in [0.25, 0.3) is 0 Å². The number of hydrogen-bond acceptors (Lipinski definition) is 5. The summed E-state index contributed by atoms with van der Waals surface area (Å²) in [5, 5.41) is 3.15. The molecule has 1 aliphatic rings. The second kappa shape index (κ2) is 9.24. The molecular formula is C23H30N4O3. The lowest BCUT2D eigenvalue weighted by molar-refractivity contribution is -0.142. The van der Waals surface area contributed by atoms with Crippen LogP contribution < -0.4 is 10.1 Å². The number of aromatic nitrogens is 2. The summed E-state index contributed by atoms with van der Waals surface area (Å²) in [6.45, 7) is 6.98. The number of nitrogens with one attached hydrogen (secondary N) is 1. The van der Waals surface area contributed by atoms with Crippen molar-refractivity contribution in [3.05, 3.63) is 54.1 Å². The average Bonchev–Trinajstić information content (AvgIpc) is 2.77. The molecule has 2 aromatic rings. The second-order valence-corrected chi connectivity index (χ2v) is 8.66. The Morgan fingerprint density at radius 3 is 2.33 bits per heavy atom. The van der Waals surface area contributed by atoms with E-state index in [-0.39, 0.29) is 17.7 Å². The fourth-order valence-corrected chi connectivity index (χ4v) is 3.66. The van der Waals surface area contributed by atoms with Gasteiger partial charge in [-0.1, -0.05) is 32.9 Å². The van der Waals surface area contributed by atoms with Crippen LogP contribution in [-0.2, 0) is 9.59 Å². The number of ether oxygens (including phenoxy) is 1. The minimum absolute atomic E-state index is 0.0238. The molecule has 0 aliphatic carbocycles. The highest BCUT2D eigenvalue weighted by Gasteiger charge is 2.33. The van der Waals surface area contributed by atoms with Crippen LogP contribution in [-0.4, -0.2) is 46.9 Å². The van der Waals surface area contributed by atoms with Gasteiger partial charge in [-0.05, 0) is 30.5 Å². The van der Waals surface area contributed by atoms with Crippen LogP contribution in [0.1, 0.15) is 50.9 Å². The van der Waals surface area contributed by atoms with E-state index in [1.54, 1.807) is 25.7 Å². The van der Waals surface area contributed by atoms with Crippen LogP contribution in [0.3, 0.4) is 0 Å². The van der Waals surface area contributed by atoms with E-state index in [2.05, 4.69) is 15.3 Å². The number of nitrogens with zero attached hydrogens (tertiary/aromatic N) is 3. The molecule has 0 radical (unpaired) electrons. The fraction of sp³-hybridized carbons (Fsp3) is 0.478. The van der Waals surface area contributed by atoms with Crippen LogP contribution in [0, 0.1) is 11.3 Å². The molecule has 1 saturated heterocycles. The van der Waals surface area contributed by atoms with Gasteiger partial charge in [0.15, 0.2) is 0 Å². The first-order chi connectivity index (χ1) is 14.3. The highest BCUT2D eigenvalue weighted by Crippen LogP contribution is 2.26. The molecular weight excluding hydrogens is 380 g/mol. The lowest BCUT2D eigenvalue weighted by Crippen LogP contribution is -2.47. The lowest BCUT2D eigenvalue weighted by atomic mass is 9.90. The van der Waals surface area contributed by atoms with Gasteiger partial charge in [0, 0.05) is 36.8 Å². The van der Waals surface area contributed by atoms with Gasteiger partial charge in [-0.2, -0.15) is 0 Å². The normalized spacial score (nSPS) is 16.1. The summed E-state index contributed by atoms with van der Waals surface area (Å²) in [4.78, 5) is 36.0. The van der Waals surface area contributed by atoms with Crippen LogP contribution in [0.15, 0.2) is 42.9 Å². The van der Waals surface area contributed by atoms with E-state index in [4.69, 9.17) is 4.74 Å². The third-order valence-corrected chi connectivity index (χ3v) is 5.41. The van der Waals surface area contributed by atoms with Gasteiger partial charge in [-0.15, -0.1) is 0 Å². The third-order valence-electron chi connectivity index (χ3n) is 5.41. The summed E-state index contributed by atoms with van der Waals surface area (Å²) in [7, 11) is 1.62. The van der Waals surface area contributed by atoms with Gasteiger partial charge in [0.2, 0.25) is 11.8 Å². The summed E-state index contributed by atoms with van der Waals surface area (Å²) in [5.41, 5.74) is 1.18. The second-order valence-electron chi connectivity index (χ2n) is 8.66. The molecule has 1 aromatic carbocycles. The van der Waals surface area contributed by atoms with E-state index in [1.807, 2.05) is 49.9 Å². The van der Waals surface area contributed by atoms with E-state index in [9.17, 15) is 9.59 Å². The molecule has 30 heavy (non-hydrogen) atoms. The van der Waals surface area contributed by atoms with Crippen LogP contribution in [0.2, 0.25) is 0 Å². The highest BCUT2D eigenvalue weighted by atomic mass is 16.5. The van der Waals surface area contributed by atoms with Crippen LogP contribution in [0.4, 0.5) is 0 Å². The standard InChI is InChI=1S/C23H30N4O3/c1-23(2,3)22(29)27-13-9-17(10-14-27)21(28)26-20(19-15-24-11-12-25-19)16-5-7-18(30-4)8-6-16/h5-8,11-12,15,17,20H,9-10,13-14H2,1-4H3,(H,26,28). The monoisotopic (exact) mass is 410 g/mol. The van der Waals surface area contributed by atoms with Crippen molar-refractivity contribution in [1.82, 2.24) is 20.2 Å². The minimum atomic E-state index is -0.402. The zero-order valence-corrected chi connectivity index (χ0v) is 18.1. The lowest BCUT2D eigenvalue weighted by Gasteiger charge is -2.35. The van der Waals surface area contributed by atoms with Gasteiger partial charge < -0.3 is 15.0 Å². The number of carbonyl (C=O) groups is 2. The topological polar surface area (TPSA) is 84.4 Å². The number of hydrogen-bond donors (Lipinski definition) is 1. The van der Waals surface area contributed by atoms with E-state index in [0.717, 1.165) is 11.3 Å². The molecule has 1 atom stereocenters. The Balaban J connectivity index is 1.70. The van der Waals surface area contributed by atoms with Crippen molar-refractivity contribution in [2.75, 3.05) is 20.2 Å². The molecule has 0 spiro atoms. The fourth-order valence-electron chi connectivity index (χ4n) is 3.66. The van der Waals surface area contributed by atoms with Crippen molar-refractivity contribution < 1.29 is 14.3 Å². The number of amides is 2. The van der Waals surface area contributed by atoms with Crippen LogP contribution >= 0.6 is 0 Å². The quantitative estimate of drug-likeness (QED) is 0.819. The van der Waals surface area contributed by atoms with Crippen LogP contribution in [0.25, 0.3) is 0 Å². The molecule has 2 amide bonds. The Kier molecular flexibility index (Phi) is 6.70. The van der Waals surface area contributed by atoms with E-state index in [1.165, 1.54) is 0 Å². The SMILES string of the molecule is COc1ccc(C(NC(=O)C2CCN(C(=O)C(C)(C)C)CC2)c2cnccn2)cc1. The number of methoxy groups -OCH3 is 1. The average molecular weight is 411 g/mol. The maximum absolute atomic E-state index is 13.1. The Labute approximate surface area is 177 Å². The first kappa shape index (κ1) is 21.7. The Morgan fingerprint density at radius 1 is 1.13 bits per heavy atom. The van der Waals surface area contributed by atoms with Crippen LogP contribution in [0.5, 0.6) is 5.75 Å². The maximum Gasteiger partial charge on any atom is 0.227 e. The van der Waals surface area contributed by atoms with Gasteiger partial charge in [0.1, 0.15) is 5.75 Å². The molecule has 0 saturated carbocycles. The highest BCUT2D eigenvalue weighted by molar-refractivity contribution is 5.83. The first-order valence-electron chi connectivity index (χ1n) is 10.3. The smallest absolute Gasteiger partial charge is 0.227 e. The molecule has 160 valence electrons. The number of piperidine rings is 1. The summed E-state index contributed by atoms with van der Waals surface area (Å²) in [5.74, 6) is 0.728. The Morgan fingerprint density at radius 2 is 1.80 bits per heavy atom. The molecule has 7 nitrogen and oxygen atoms in total. The number of carbonyl (C=O) groups excluding carboxylic acids is 2. The molecule has 1 unspecified atom stereocenters. The molecule has 1 fully saturated rings. The summed E-state index contributed by atoms with van der Waals surface area (Å²) >= 11 is 0. The maximum atomic E-state index is 13.1. The van der Waals surface area contributed by atoms with E-state index >= 15 is 0 Å². The van der Waals surface area contributed by atoms with Crippen molar-refractivity contribution in [1.29, 1.82) is 0 Å². The van der Waals surface area contributed by atoms with Crippen molar-refractivity contribution in [3.63, 3.8) is 0 Å². The summed E-state index contributed by atoms with van der Waals surface area (Å²) in [6.07, 6.45) is 6.21. The Hall–Kier alpha value is -2.96. The predicted molar refractivity (Wildman–Crippen MR) is 114 cm³/mol. The molecule has 7 heteroatoms. The van der Waals surface area contributed by atoms with Crippen molar-refractivity contribution >= 4 is 11.8 Å². The molecule has 0 bridgehead atoms. The predicted octanol–water partition coefficient (Wildman–Crippen LogP) is 2.98. The molecule has 2 heterocycles. The Bertz CT molecular complexity index is 854. The number of benzene rings is 1. The first-order valence-corrected chi connectivity index (χ1v) is 10.3. The van der Waals surface area contributed by atoms with Gasteiger partial charge in [0.05, 0.1) is 25.0 Å². The van der Waals surface area contributed by atoms with Crippen molar-refractivity contribution in [2.45, 2.75) is 39.7 Å². The minimum Gasteiger partial charge on any atom is -0.497 e. The van der Waals surface area contributed by atoms with Gasteiger partial charge in [-0.3, -0.25) is 19.6 Å². The number of rotatable bonds is 5. The molecule has 1 aromatic heterocycles. The molecule has 1 aliphatic heterocycles.